The molecule has 1 unspecified atom stereocenters. The van der Waals surface area contributed by atoms with Crippen molar-refractivity contribution in [1.82, 2.24) is 0 Å². The first kappa shape index (κ1) is 13.9. The molecular formula is C17H31NO. The second-order valence-electron chi connectivity index (χ2n) is 8.40. The molecule has 3 aliphatic rings. The summed E-state index contributed by atoms with van der Waals surface area (Å²) in [5.41, 5.74) is 7.51. The third-order valence-corrected chi connectivity index (χ3v) is 6.09. The summed E-state index contributed by atoms with van der Waals surface area (Å²) < 4.78 is 6.45. The SMILES string of the molecule is CC1(C)CCC(N)(CC2CCC3(CCCC3)O2)CC1. The molecule has 2 nitrogen and oxygen atoms in total. The van der Waals surface area contributed by atoms with Gasteiger partial charge in [-0.2, -0.15) is 0 Å². The fourth-order valence-electron chi connectivity index (χ4n) is 4.51. The standard InChI is InChI=1S/C17H31NO/c1-15(2)9-11-16(18,12-10-15)13-14-5-8-17(19-14)6-3-4-7-17/h14H,3-13,18H2,1-2H3. The molecule has 0 aromatic carbocycles. The fraction of sp³-hybridized carbons (Fsp3) is 1.00. The molecule has 1 spiro atoms. The summed E-state index contributed by atoms with van der Waals surface area (Å²) in [7, 11) is 0. The smallest absolute Gasteiger partial charge is 0.0687 e. The van der Waals surface area contributed by atoms with Crippen molar-refractivity contribution < 1.29 is 4.74 Å². The molecule has 0 aromatic rings. The molecule has 0 aromatic heterocycles. The van der Waals surface area contributed by atoms with E-state index in [9.17, 15) is 0 Å². The first-order chi connectivity index (χ1) is 8.91. The van der Waals surface area contributed by atoms with Crippen LogP contribution in [0.3, 0.4) is 0 Å². The highest BCUT2D eigenvalue weighted by atomic mass is 16.5. The average Bonchev–Trinajstić information content (AvgIpc) is 2.95. The van der Waals surface area contributed by atoms with Crippen LogP contribution in [0, 0.1) is 5.41 Å². The summed E-state index contributed by atoms with van der Waals surface area (Å²) in [6.07, 6.45) is 14.4. The number of hydrogen-bond acceptors (Lipinski definition) is 2. The van der Waals surface area contributed by atoms with E-state index in [0.717, 1.165) is 6.42 Å². The zero-order valence-electron chi connectivity index (χ0n) is 12.8. The minimum absolute atomic E-state index is 0.0598. The quantitative estimate of drug-likeness (QED) is 0.813. The van der Waals surface area contributed by atoms with Gasteiger partial charge in [-0.15, -0.1) is 0 Å². The molecule has 2 aliphatic carbocycles. The Bertz CT molecular complexity index is 320. The van der Waals surface area contributed by atoms with E-state index >= 15 is 0 Å². The summed E-state index contributed by atoms with van der Waals surface area (Å²) in [6.45, 7) is 4.76. The normalized spacial score (nSPS) is 35.8. The zero-order valence-corrected chi connectivity index (χ0v) is 12.8. The lowest BCUT2D eigenvalue weighted by molar-refractivity contribution is -0.0502. The first-order valence-electron chi connectivity index (χ1n) is 8.37. The highest BCUT2D eigenvalue weighted by molar-refractivity contribution is 4.99. The van der Waals surface area contributed by atoms with E-state index in [1.807, 2.05) is 0 Å². The van der Waals surface area contributed by atoms with Crippen LogP contribution in [0.2, 0.25) is 0 Å². The third kappa shape index (κ3) is 3.00. The molecular weight excluding hydrogens is 234 g/mol. The monoisotopic (exact) mass is 265 g/mol. The van der Waals surface area contributed by atoms with Crippen LogP contribution in [0.1, 0.15) is 84.5 Å². The molecule has 19 heavy (non-hydrogen) atoms. The van der Waals surface area contributed by atoms with E-state index in [-0.39, 0.29) is 11.1 Å². The maximum absolute atomic E-state index is 6.67. The van der Waals surface area contributed by atoms with Crippen molar-refractivity contribution in [2.75, 3.05) is 0 Å². The Labute approximate surface area is 118 Å². The molecule has 0 radical (unpaired) electrons. The third-order valence-electron chi connectivity index (χ3n) is 6.09. The minimum Gasteiger partial charge on any atom is -0.372 e. The Kier molecular flexibility index (Phi) is 3.46. The van der Waals surface area contributed by atoms with Gasteiger partial charge in [-0.3, -0.25) is 0 Å². The van der Waals surface area contributed by atoms with Gasteiger partial charge in [-0.05, 0) is 63.2 Å². The van der Waals surface area contributed by atoms with Crippen molar-refractivity contribution in [3.63, 3.8) is 0 Å². The zero-order chi connectivity index (χ0) is 13.6. The maximum Gasteiger partial charge on any atom is 0.0687 e. The molecule has 1 saturated heterocycles. The largest absolute Gasteiger partial charge is 0.372 e. The fourth-order valence-corrected chi connectivity index (χ4v) is 4.51. The molecule has 3 fully saturated rings. The lowest BCUT2D eigenvalue weighted by atomic mass is 9.68. The Balaban J connectivity index is 1.54. The summed E-state index contributed by atoms with van der Waals surface area (Å²) in [5.74, 6) is 0. The maximum atomic E-state index is 6.67. The van der Waals surface area contributed by atoms with Crippen molar-refractivity contribution >= 4 is 0 Å². The van der Waals surface area contributed by atoms with Gasteiger partial charge in [0.25, 0.3) is 0 Å². The van der Waals surface area contributed by atoms with Crippen molar-refractivity contribution in [3.05, 3.63) is 0 Å². The van der Waals surface area contributed by atoms with E-state index < -0.39 is 0 Å². The Morgan fingerprint density at radius 2 is 1.58 bits per heavy atom. The van der Waals surface area contributed by atoms with Crippen molar-refractivity contribution in [2.45, 2.75) is 102 Å². The van der Waals surface area contributed by atoms with Crippen LogP contribution >= 0.6 is 0 Å². The van der Waals surface area contributed by atoms with Gasteiger partial charge in [0.05, 0.1) is 11.7 Å². The van der Waals surface area contributed by atoms with E-state index in [4.69, 9.17) is 10.5 Å². The molecule has 1 heterocycles. The molecule has 110 valence electrons. The average molecular weight is 265 g/mol. The van der Waals surface area contributed by atoms with E-state index in [1.54, 1.807) is 0 Å². The van der Waals surface area contributed by atoms with Gasteiger partial charge in [0.2, 0.25) is 0 Å². The van der Waals surface area contributed by atoms with E-state index in [2.05, 4.69) is 13.8 Å². The van der Waals surface area contributed by atoms with Crippen LogP contribution in [0.15, 0.2) is 0 Å². The van der Waals surface area contributed by atoms with Gasteiger partial charge < -0.3 is 10.5 Å². The second kappa shape index (κ2) is 4.73. The van der Waals surface area contributed by atoms with Crippen LogP contribution in [-0.2, 0) is 4.74 Å². The predicted octanol–water partition coefficient (Wildman–Crippen LogP) is 4.17. The highest BCUT2D eigenvalue weighted by Gasteiger charge is 2.45. The van der Waals surface area contributed by atoms with Crippen LogP contribution in [-0.4, -0.2) is 17.2 Å². The summed E-state index contributed by atoms with van der Waals surface area (Å²) >= 11 is 0. The van der Waals surface area contributed by atoms with Crippen LogP contribution < -0.4 is 5.73 Å². The van der Waals surface area contributed by atoms with E-state index in [1.165, 1.54) is 64.2 Å². The Morgan fingerprint density at radius 3 is 2.21 bits per heavy atom. The number of hydrogen-bond donors (Lipinski definition) is 1. The second-order valence-corrected chi connectivity index (χ2v) is 8.40. The van der Waals surface area contributed by atoms with Gasteiger partial charge in [0.15, 0.2) is 0 Å². The van der Waals surface area contributed by atoms with Gasteiger partial charge in [0.1, 0.15) is 0 Å². The lowest BCUT2D eigenvalue weighted by Crippen LogP contribution is -2.47. The van der Waals surface area contributed by atoms with Gasteiger partial charge in [0, 0.05) is 5.54 Å². The van der Waals surface area contributed by atoms with Crippen LogP contribution in [0.25, 0.3) is 0 Å². The number of rotatable bonds is 2. The summed E-state index contributed by atoms with van der Waals surface area (Å²) in [5, 5.41) is 0. The molecule has 2 N–H and O–H groups in total. The number of ether oxygens (including phenoxy) is 1. The van der Waals surface area contributed by atoms with Crippen LogP contribution in [0.5, 0.6) is 0 Å². The molecule has 1 aliphatic heterocycles. The number of nitrogens with two attached hydrogens (primary N) is 1. The molecule has 0 bridgehead atoms. The Morgan fingerprint density at radius 1 is 0.947 bits per heavy atom. The summed E-state index contributed by atoms with van der Waals surface area (Å²) in [6, 6.07) is 0. The summed E-state index contributed by atoms with van der Waals surface area (Å²) in [4.78, 5) is 0. The van der Waals surface area contributed by atoms with Crippen molar-refractivity contribution in [1.29, 1.82) is 0 Å². The molecule has 2 heteroatoms. The van der Waals surface area contributed by atoms with Gasteiger partial charge >= 0.3 is 0 Å². The van der Waals surface area contributed by atoms with Gasteiger partial charge in [-0.25, -0.2) is 0 Å². The molecule has 0 amide bonds. The van der Waals surface area contributed by atoms with Crippen LogP contribution in [0.4, 0.5) is 0 Å². The lowest BCUT2D eigenvalue weighted by Gasteiger charge is -2.42. The predicted molar refractivity (Wildman–Crippen MR) is 79.1 cm³/mol. The Hall–Kier alpha value is -0.0800. The molecule has 1 atom stereocenters. The van der Waals surface area contributed by atoms with Crippen molar-refractivity contribution in [3.8, 4) is 0 Å². The molecule has 3 rings (SSSR count). The van der Waals surface area contributed by atoms with E-state index in [0.29, 0.717) is 11.5 Å². The first-order valence-corrected chi connectivity index (χ1v) is 8.37. The van der Waals surface area contributed by atoms with Crippen molar-refractivity contribution in [2.24, 2.45) is 11.1 Å². The minimum atomic E-state index is 0.0598. The highest BCUT2D eigenvalue weighted by Crippen LogP contribution is 2.47. The topological polar surface area (TPSA) is 35.2 Å². The van der Waals surface area contributed by atoms with Gasteiger partial charge in [-0.1, -0.05) is 26.7 Å². The molecule has 2 saturated carbocycles.